The lowest BCUT2D eigenvalue weighted by atomic mass is 9.95. The molecule has 0 bridgehead atoms. The second kappa shape index (κ2) is 8.75. The minimum atomic E-state index is -2.95. The fourth-order valence-electron chi connectivity index (χ4n) is 3.61. The van der Waals surface area contributed by atoms with E-state index in [1.165, 1.54) is 13.2 Å². The van der Waals surface area contributed by atoms with E-state index in [0.717, 1.165) is 12.8 Å². The molecule has 1 saturated heterocycles. The van der Waals surface area contributed by atoms with E-state index in [0.29, 0.717) is 31.5 Å². The molecule has 0 unspecified atom stereocenters. The number of piperidine rings is 1. The number of alkyl halides is 2. The Morgan fingerprint density at radius 2 is 1.82 bits per heavy atom. The third-order valence-corrected chi connectivity index (χ3v) is 5.32. The van der Waals surface area contributed by atoms with Crippen molar-refractivity contribution < 1.29 is 27.8 Å². The summed E-state index contributed by atoms with van der Waals surface area (Å²) in [5, 5.41) is 0. The van der Waals surface area contributed by atoms with Gasteiger partial charge in [-0.3, -0.25) is 9.59 Å². The van der Waals surface area contributed by atoms with Gasteiger partial charge in [-0.15, -0.1) is 0 Å². The van der Waals surface area contributed by atoms with Crippen LogP contribution in [0, 0.1) is 11.8 Å². The fraction of sp³-hybridized carbons (Fsp3) is 0.600. The Morgan fingerprint density at radius 1 is 1.14 bits per heavy atom. The molecule has 6 nitrogen and oxygen atoms in total. The predicted molar refractivity (Wildman–Crippen MR) is 98.1 cm³/mol. The number of halogens is 2. The zero-order valence-corrected chi connectivity index (χ0v) is 16.2. The monoisotopic (exact) mass is 396 g/mol. The average Bonchev–Trinajstić information content (AvgIpc) is 3.52. The number of carbonyl (C=O) groups is 2. The molecule has 2 amide bonds. The van der Waals surface area contributed by atoms with Crippen LogP contribution in [0.25, 0.3) is 0 Å². The average molecular weight is 396 g/mol. The van der Waals surface area contributed by atoms with Gasteiger partial charge >= 0.3 is 6.61 Å². The summed E-state index contributed by atoms with van der Waals surface area (Å²) in [6.45, 7) is -1.43. The molecule has 154 valence electrons. The van der Waals surface area contributed by atoms with E-state index in [1.807, 2.05) is 4.90 Å². The van der Waals surface area contributed by atoms with Gasteiger partial charge in [-0.1, -0.05) is 6.07 Å². The van der Waals surface area contributed by atoms with Crippen molar-refractivity contribution >= 4 is 11.8 Å². The third kappa shape index (κ3) is 4.91. The number of rotatable bonds is 7. The van der Waals surface area contributed by atoms with E-state index < -0.39 is 6.61 Å². The molecule has 2 fully saturated rings. The first kappa shape index (κ1) is 20.4. The number of benzene rings is 1. The van der Waals surface area contributed by atoms with Gasteiger partial charge in [0.05, 0.1) is 7.11 Å². The third-order valence-electron chi connectivity index (χ3n) is 5.32. The van der Waals surface area contributed by atoms with Crippen molar-refractivity contribution in [3.8, 4) is 11.5 Å². The molecule has 8 heteroatoms. The quantitative estimate of drug-likeness (QED) is 0.711. The molecule has 1 aromatic carbocycles. The van der Waals surface area contributed by atoms with E-state index in [-0.39, 0.29) is 41.7 Å². The zero-order chi connectivity index (χ0) is 20.3. The number of likely N-dealkylation sites (tertiary alicyclic amines) is 1. The van der Waals surface area contributed by atoms with E-state index in [9.17, 15) is 18.4 Å². The molecular weight excluding hydrogens is 370 g/mol. The van der Waals surface area contributed by atoms with E-state index in [4.69, 9.17) is 4.74 Å². The van der Waals surface area contributed by atoms with Crippen molar-refractivity contribution in [2.24, 2.45) is 11.8 Å². The summed E-state index contributed by atoms with van der Waals surface area (Å²) in [4.78, 5) is 28.4. The molecule has 0 aromatic heterocycles. The van der Waals surface area contributed by atoms with Crippen molar-refractivity contribution in [1.29, 1.82) is 0 Å². The summed E-state index contributed by atoms with van der Waals surface area (Å²) < 4.78 is 34.7. The lowest BCUT2D eigenvalue weighted by Gasteiger charge is -2.33. The molecule has 0 atom stereocenters. The van der Waals surface area contributed by atoms with Crippen LogP contribution in [0.15, 0.2) is 18.2 Å². The summed E-state index contributed by atoms with van der Waals surface area (Å²) in [5.74, 6) is 0.473. The number of carbonyl (C=O) groups excluding carboxylic acids is 2. The first-order valence-electron chi connectivity index (χ1n) is 9.54. The maximum Gasteiger partial charge on any atom is 0.387 e. The lowest BCUT2D eigenvalue weighted by molar-refractivity contribution is -0.140. The second-order valence-electron chi connectivity index (χ2n) is 7.43. The molecule has 1 aliphatic heterocycles. The van der Waals surface area contributed by atoms with Gasteiger partial charge < -0.3 is 19.3 Å². The molecular formula is C20H26F2N2O4. The molecule has 2 aliphatic rings. The summed E-state index contributed by atoms with van der Waals surface area (Å²) in [7, 11) is 3.07. The SMILES string of the molecule is COc1ccc(CN(C)C(=O)C2CCN(C(=O)C3CC3)CC2)cc1OC(F)F. The van der Waals surface area contributed by atoms with Crippen LogP contribution in [0.3, 0.4) is 0 Å². The molecule has 0 N–H and O–H groups in total. The predicted octanol–water partition coefficient (Wildman–Crippen LogP) is 2.90. The number of amides is 2. The summed E-state index contributed by atoms with van der Waals surface area (Å²) >= 11 is 0. The number of nitrogens with zero attached hydrogens (tertiary/aromatic N) is 2. The van der Waals surface area contributed by atoms with Gasteiger partial charge in [-0.2, -0.15) is 8.78 Å². The molecule has 1 aromatic rings. The smallest absolute Gasteiger partial charge is 0.387 e. The second-order valence-corrected chi connectivity index (χ2v) is 7.43. The number of methoxy groups -OCH3 is 1. The Hall–Kier alpha value is -2.38. The van der Waals surface area contributed by atoms with Crippen LogP contribution in [0.2, 0.25) is 0 Å². The number of ether oxygens (including phenoxy) is 2. The van der Waals surface area contributed by atoms with Gasteiger partial charge in [0.15, 0.2) is 11.5 Å². The highest BCUT2D eigenvalue weighted by atomic mass is 19.3. The summed E-state index contributed by atoms with van der Waals surface area (Å²) in [6, 6.07) is 4.73. The lowest BCUT2D eigenvalue weighted by Crippen LogP contribution is -2.43. The Balaban J connectivity index is 1.56. The van der Waals surface area contributed by atoms with Crippen LogP contribution in [0.1, 0.15) is 31.2 Å². The maximum absolute atomic E-state index is 12.8. The highest BCUT2D eigenvalue weighted by Crippen LogP contribution is 2.33. The largest absolute Gasteiger partial charge is 0.493 e. The van der Waals surface area contributed by atoms with Gasteiger partial charge in [-0.05, 0) is 43.4 Å². The first-order chi connectivity index (χ1) is 13.4. The standard InChI is InChI=1S/C20H26F2N2O4/c1-23(12-13-3-6-16(27-2)17(11-13)28-20(21)22)18(25)15-7-9-24(10-8-15)19(26)14-4-5-14/h3,6,11,14-15,20H,4-5,7-10,12H2,1-2H3. The van der Waals surface area contributed by atoms with Crippen LogP contribution in [0.5, 0.6) is 11.5 Å². The number of hydrogen-bond donors (Lipinski definition) is 0. The van der Waals surface area contributed by atoms with Crippen molar-refractivity contribution in [3.05, 3.63) is 23.8 Å². The molecule has 1 heterocycles. The van der Waals surface area contributed by atoms with Gasteiger partial charge in [0.2, 0.25) is 11.8 Å². The Morgan fingerprint density at radius 3 is 2.39 bits per heavy atom. The van der Waals surface area contributed by atoms with E-state index in [1.54, 1.807) is 24.1 Å². The van der Waals surface area contributed by atoms with Crippen molar-refractivity contribution in [1.82, 2.24) is 9.80 Å². The van der Waals surface area contributed by atoms with Crippen LogP contribution in [0.4, 0.5) is 8.78 Å². The summed E-state index contributed by atoms with van der Waals surface area (Å²) in [6.07, 6.45) is 3.28. The van der Waals surface area contributed by atoms with Crippen molar-refractivity contribution in [2.45, 2.75) is 38.8 Å². The van der Waals surface area contributed by atoms with Crippen LogP contribution in [-0.2, 0) is 16.1 Å². The minimum absolute atomic E-state index is 0.00525. The number of hydrogen-bond acceptors (Lipinski definition) is 4. The topological polar surface area (TPSA) is 59.1 Å². The first-order valence-corrected chi connectivity index (χ1v) is 9.54. The highest BCUT2D eigenvalue weighted by Gasteiger charge is 2.36. The molecule has 0 radical (unpaired) electrons. The maximum atomic E-state index is 12.8. The molecule has 28 heavy (non-hydrogen) atoms. The minimum Gasteiger partial charge on any atom is -0.493 e. The van der Waals surface area contributed by atoms with E-state index in [2.05, 4.69) is 4.74 Å². The van der Waals surface area contributed by atoms with Gasteiger partial charge in [-0.25, -0.2) is 0 Å². The van der Waals surface area contributed by atoms with Crippen LogP contribution in [-0.4, -0.2) is 55.5 Å². The molecule has 3 rings (SSSR count). The Bertz CT molecular complexity index is 716. The summed E-state index contributed by atoms with van der Waals surface area (Å²) in [5.41, 5.74) is 0.675. The van der Waals surface area contributed by atoms with Crippen LogP contribution >= 0.6 is 0 Å². The Labute approximate surface area is 163 Å². The van der Waals surface area contributed by atoms with Gasteiger partial charge in [0.25, 0.3) is 0 Å². The van der Waals surface area contributed by atoms with Crippen molar-refractivity contribution in [3.63, 3.8) is 0 Å². The van der Waals surface area contributed by atoms with E-state index >= 15 is 0 Å². The van der Waals surface area contributed by atoms with Gasteiger partial charge in [0, 0.05) is 38.5 Å². The highest BCUT2D eigenvalue weighted by molar-refractivity contribution is 5.82. The molecule has 1 saturated carbocycles. The van der Waals surface area contributed by atoms with Gasteiger partial charge in [0.1, 0.15) is 0 Å². The zero-order valence-electron chi connectivity index (χ0n) is 16.2. The fourth-order valence-corrected chi connectivity index (χ4v) is 3.61. The van der Waals surface area contributed by atoms with Crippen LogP contribution < -0.4 is 9.47 Å². The normalized spacial score (nSPS) is 17.5. The van der Waals surface area contributed by atoms with Crippen molar-refractivity contribution in [2.75, 3.05) is 27.2 Å². The Kier molecular flexibility index (Phi) is 6.36. The molecule has 0 spiro atoms. The molecule has 1 aliphatic carbocycles.